The van der Waals surface area contributed by atoms with E-state index in [-0.39, 0.29) is 24.3 Å². The molecule has 7 heteroatoms. The summed E-state index contributed by atoms with van der Waals surface area (Å²) in [4.78, 5) is 34.8. The zero-order valence-corrected chi connectivity index (χ0v) is 21.6. The van der Waals surface area contributed by atoms with Gasteiger partial charge in [0.2, 0.25) is 5.91 Å². The van der Waals surface area contributed by atoms with E-state index >= 15 is 0 Å². The molecular weight excluding hydrogens is 454 g/mol. The standard InChI is InChI=1S/C29H35N3O4/c1-5-7-10-16-31-18-24(33)32-17-21(19-13-11-15-23(35-4)26(19)36-6-2)25-20-12-8-9-14-22(20)30-27(25)29(32,3)28(31)34/h8-9,11-15,21,30H,5-7,10,16-18H2,1-4H3/t21-,29-/m0/s1. The van der Waals surface area contributed by atoms with Crippen LogP contribution in [-0.2, 0) is 15.1 Å². The first-order valence-corrected chi connectivity index (χ1v) is 13.0. The van der Waals surface area contributed by atoms with Gasteiger partial charge in [-0.3, -0.25) is 9.59 Å². The van der Waals surface area contributed by atoms with Gasteiger partial charge in [0.15, 0.2) is 17.0 Å². The number of aromatic nitrogens is 1. The SMILES string of the molecule is CCCCCN1CC(=O)N2C[C@@H](c3cccc(OC)c3OCC)c3c([nH]c4ccccc34)[C@@]2(C)C1=O. The van der Waals surface area contributed by atoms with Gasteiger partial charge in [-0.15, -0.1) is 0 Å². The van der Waals surface area contributed by atoms with Gasteiger partial charge in [-0.2, -0.15) is 0 Å². The number of benzene rings is 2. The fourth-order valence-electron chi connectivity index (χ4n) is 5.96. The molecule has 1 fully saturated rings. The monoisotopic (exact) mass is 489 g/mol. The van der Waals surface area contributed by atoms with Gasteiger partial charge in [0.05, 0.1) is 26.0 Å². The average Bonchev–Trinajstić information content (AvgIpc) is 3.28. The van der Waals surface area contributed by atoms with E-state index in [0.717, 1.165) is 47.0 Å². The Morgan fingerprint density at radius 3 is 2.64 bits per heavy atom. The number of piperazine rings is 1. The third kappa shape index (κ3) is 3.64. The van der Waals surface area contributed by atoms with Crippen LogP contribution in [0.4, 0.5) is 0 Å². The lowest BCUT2D eigenvalue weighted by Crippen LogP contribution is -2.67. The van der Waals surface area contributed by atoms with E-state index in [1.54, 1.807) is 16.9 Å². The summed E-state index contributed by atoms with van der Waals surface area (Å²) in [6, 6.07) is 14.0. The fraction of sp³-hybridized carbons (Fsp3) is 0.448. The zero-order chi connectivity index (χ0) is 25.4. The second kappa shape index (κ2) is 9.52. The molecule has 1 N–H and O–H groups in total. The van der Waals surface area contributed by atoms with Crippen LogP contribution in [0, 0.1) is 0 Å². The van der Waals surface area contributed by atoms with E-state index in [2.05, 4.69) is 18.0 Å². The van der Waals surface area contributed by atoms with Gasteiger partial charge in [0.25, 0.3) is 5.91 Å². The summed E-state index contributed by atoms with van der Waals surface area (Å²) in [6.07, 6.45) is 3.00. The number of aromatic amines is 1. The molecule has 1 saturated heterocycles. The first kappa shape index (κ1) is 24.2. The molecule has 5 rings (SSSR count). The number of nitrogens with zero attached hydrogens (tertiary/aromatic N) is 2. The Bertz CT molecular complexity index is 1300. The smallest absolute Gasteiger partial charge is 0.254 e. The summed E-state index contributed by atoms with van der Waals surface area (Å²) in [6.45, 7) is 7.60. The van der Waals surface area contributed by atoms with Crippen molar-refractivity contribution >= 4 is 22.7 Å². The molecule has 0 aliphatic carbocycles. The molecule has 2 aliphatic rings. The first-order chi connectivity index (χ1) is 17.4. The molecule has 2 aliphatic heterocycles. The molecule has 36 heavy (non-hydrogen) atoms. The van der Waals surface area contributed by atoms with E-state index in [9.17, 15) is 9.59 Å². The highest BCUT2D eigenvalue weighted by molar-refractivity contribution is 6.01. The molecule has 0 spiro atoms. The summed E-state index contributed by atoms with van der Waals surface area (Å²) in [7, 11) is 1.64. The minimum Gasteiger partial charge on any atom is -0.493 e. The lowest BCUT2D eigenvalue weighted by Gasteiger charge is -2.51. The van der Waals surface area contributed by atoms with Gasteiger partial charge in [-0.25, -0.2) is 0 Å². The van der Waals surface area contributed by atoms with Gasteiger partial charge in [0, 0.05) is 35.5 Å². The molecule has 0 saturated carbocycles. The Morgan fingerprint density at radius 2 is 1.89 bits per heavy atom. The van der Waals surface area contributed by atoms with Gasteiger partial charge in [0.1, 0.15) is 0 Å². The zero-order valence-electron chi connectivity index (χ0n) is 21.6. The minimum absolute atomic E-state index is 0.0138. The number of carbonyl (C=O) groups excluding carboxylic acids is 2. The van der Waals surface area contributed by atoms with E-state index in [4.69, 9.17) is 9.47 Å². The van der Waals surface area contributed by atoms with Crippen molar-refractivity contribution < 1.29 is 19.1 Å². The summed E-state index contributed by atoms with van der Waals surface area (Å²) in [5, 5.41) is 1.06. The predicted octanol–water partition coefficient (Wildman–Crippen LogP) is 4.80. The van der Waals surface area contributed by atoms with Gasteiger partial charge < -0.3 is 24.3 Å². The van der Waals surface area contributed by atoms with Gasteiger partial charge in [-0.1, -0.05) is 50.1 Å². The molecule has 3 aromatic rings. The van der Waals surface area contributed by atoms with E-state index < -0.39 is 5.54 Å². The Balaban J connectivity index is 1.70. The van der Waals surface area contributed by atoms with Crippen molar-refractivity contribution in [3.8, 4) is 11.5 Å². The largest absolute Gasteiger partial charge is 0.493 e. The van der Waals surface area contributed by atoms with E-state index in [0.29, 0.717) is 31.2 Å². The number of hydrogen-bond donors (Lipinski definition) is 1. The van der Waals surface area contributed by atoms with Crippen LogP contribution in [0.15, 0.2) is 42.5 Å². The maximum Gasteiger partial charge on any atom is 0.254 e. The van der Waals surface area contributed by atoms with Crippen molar-refractivity contribution in [1.29, 1.82) is 0 Å². The molecule has 0 unspecified atom stereocenters. The van der Waals surface area contributed by atoms with Crippen LogP contribution in [0.1, 0.15) is 62.8 Å². The second-order valence-corrected chi connectivity index (χ2v) is 9.83. The van der Waals surface area contributed by atoms with E-state index in [1.165, 1.54) is 0 Å². The minimum atomic E-state index is -1.09. The molecule has 2 amide bonds. The third-order valence-electron chi connectivity index (χ3n) is 7.74. The molecular formula is C29H35N3O4. The van der Waals surface area contributed by atoms with Crippen LogP contribution in [0.3, 0.4) is 0 Å². The lowest BCUT2D eigenvalue weighted by molar-refractivity contribution is -0.166. The molecule has 190 valence electrons. The van der Waals surface area contributed by atoms with Crippen LogP contribution in [0.2, 0.25) is 0 Å². The summed E-state index contributed by atoms with van der Waals surface area (Å²) in [5.41, 5.74) is 2.67. The van der Waals surface area contributed by atoms with Crippen LogP contribution >= 0.6 is 0 Å². The molecule has 0 bridgehead atoms. The number of rotatable bonds is 8. The summed E-state index contributed by atoms with van der Waals surface area (Å²) >= 11 is 0. The van der Waals surface area contributed by atoms with Crippen molar-refractivity contribution in [2.45, 2.75) is 51.5 Å². The highest BCUT2D eigenvalue weighted by Crippen LogP contribution is 2.50. The summed E-state index contributed by atoms with van der Waals surface area (Å²) in [5.74, 6) is 1.13. The van der Waals surface area contributed by atoms with Crippen molar-refractivity contribution in [3.63, 3.8) is 0 Å². The quantitative estimate of drug-likeness (QED) is 0.462. The third-order valence-corrected chi connectivity index (χ3v) is 7.74. The van der Waals surface area contributed by atoms with Crippen LogP contribution in [-0.4, -0.2) is 59.9 Å². The number of ether oxygens (including phenoxy) is 2. The lowest BCUT2D eigenvalue weighted by atomic mass is 9.76. The van der Waals surface area contributed by atoms with E-state index in [1.807, 2.05) is 50.2 Å². The maximum atomic E-state index is 14.0. The van der Waals surface area contributed by atoms with Crippen LogP contribution in [0.25, 0.3) is 10.9 Å². The topological polar surface area (TPSA) is 74.9 Å². The van der Waals surface area contributed by atoms with Gasteiger partial charge >= 0.3 is 0 Å². The van der Waals surface area contributed by atoms with Crippen molar-refractivity contribution in [3.05, 3.63) is 59.3 Å². The molecule has 0 radical (unpaired) electrons. The average molecular weight is 490 g/mol. The first-order valence-electron chi connectivity index (χ1n) is 13.0. The van der Waals surface area contributed by atoms with Crippen molar-refractivity contribution in [1.82, 2.24) is 14.8 Å². The second-order valence-electron chi connectivity index (χ2n) is 9.83. The van der Waals surface area contributed by atoms with Crippen molar-refractivity contribution in [2.24, 2.45) is 0 Å². The molecule has 1 aromatic heterocycles. The van der Waals surface area contributed by atoms with Crippen molar-refractivity contribution in [2.75, 3.05) is 33.4 Å². The van der Waals surface area contributed by atoms with Gasteiger partial charge in [-0.05, 0) is 38.0 Å². The highest BCUT2D eigenvalue weighted by atomic mass is 16.5. The number of fused-ring (bicyclic) bond motifs is 5. The molecule has 2 aromatic carbocycles. The number of H-pyrrole nitrogens is 1. The number of amides is 2. The highest BCUT2D eigenvalue weighted by Gasteiger charge is 2.56. The number of carbonyl (C=O) groups is 2. The molecule has 2 atom stereocenters. The molecule has 3 heterocycles. The predicted molar refractivity (Wildman–Crippen MR) is 139 cm³/mol. The maximum absolute atomic E-state index is 14.0. The summed E-state index contributed by atoms with van der Waals surface area (Å²) < 4.78 is 11.7. The normalized spacial score (nSPS) is 21.5. The number of nitrogens with one attached hydrogen (secondary N) is 1. The van der Waals surface area contributed by atoms with Crippen LogP contribution < -0.4 is 9.47 Å². The Morgan fingerprint density at radius 1 is 1.08 bits per heavy atom. The number of para-hydroxylation sites is 2. The number of hydrogen-bond acceptors (Lipinski definition) is 4. The number of unbranched alkanes of at least 4 members (excludes halogenated alkanes) is 2. The fourth-order valence-corrected chi connectivity index (χ4v) is 5.96. The van der Waals surface area contributed by atoms with Crippen LogP contribution in [0.5, 0.6) is 11.5 Å². The molecule has 7 nitrogen and oxygen atoms in total. The Hall–Kier alpha value is -3.48. The Kier molecular flexibility index (Phi) is 6.41. The Labute approximate surface area is 212 Å². The number of methoxy groups -OCH3 is 1.